The Morgan fingerprint density at radius 1 is 1.26 bits per heavy atom. The summed E-state index contributed by atoms with van der Waals surface area (Å²) in [5, 5.41) is 2.88. The maximum absolute atomic E-state index is 13.7. The number of amides is 3. The lowest BCUT2D eigenvalue weighted by molar-refractivity contribution is 0.0291. The van der Waals surface area contributed by atoms with Gasteiger partial charge in [0.15, 0.2) is 0 Å². The van der Waals surface area contributed by atoms with E-state index in [1.807, 2.05) is 23.6 Å². The van der Waals surface area contributed by atoms with Crippen LogP contribution < -0.4 is 16.2 Å². The zero-order chi connectivity index (χ0) is 24.6. The number of carbonyl (C=O) groups is 2. The summed E-state index contributed by atoms with van der Waals surface area (Å²) in [6.45, 7) is 11.5. The summed E-state index contributed by atoms with van der Waals surface area (Å²) in [6, 6.07) is 2.82. The molecule has 0 aromatic carbocycles. The van der Waals surface area contributed by atoms with E-state index in [0.717, 1.165) is 30.6 Å². The molecule has 0 aliphatic carbocycles. The van der Waals surface area contributed by atoms with Gasteiger partial charge in [0.05, 0.1) is 24.0 Å². The first-order chi connectivity index (χ1) is 16.1. The summed E-state index contributed by atoms with van der Waals surface area (Å²) in [6.07, 6.45) is 0.504. The van der Waals surface area contributed by atoms with E-state index in [9.17, 15) is 14.0 Å². The molecule has 0 spiro atoms. The molecule has 1 fully saturated rings. The number of halogens is 1. The van der Waals surface area contributed by atoms with Crippen LogP contribution in [-0.4, -0.2) is 95.3 Å². The number of piperazine rings is 1. The number of hydrogen-bond acceptors (Lipinski definition) is 7. The topological polar surface area (TPSA) is 102 Å². The first kappa shape index (κ1) is 24.4. The molecule has 4 rings (SSSR count). The van der Waals surface area contributed by atoms with Gasteiger partial charge in [-0.1, -0.05) is 0 Å². The molecule has 0 bridgehead atoms. The Bertz CT molecular complexity index is 968. The fraction of sp³-hybridized carbons (Fsp3) is 0.609. The van der Waals surface area contributed by atoms with Crippen molar-refractivity contribution in [3.63, 3.8) is 0 Å². The summed E-state index contributed by atoms with van der Waals surface area (Å²) < 4.78 is 18.4. The van der Waals surface area contributed by atoms with Crippen LogP contribution in [0.1, 0.15) is 38.2 Å². The fourth-order valence-electron chi connectivity index (χ4n) is 4.96. The maximum Gasteiger partial charge on any atom is 0.321 e. The zero-order valence-corrected chi connectivity index (χ0v) is 20.4. The van der Waals surface area contributed by atoms with E-state index in [2.05, 4.69) is 39.9 Å². The van der Waals surface area contributed by atoms with Crippen molar-refractivity contribution in [2.24, 2.45) is 0 Å². The number of rotatable bonds is 5. The standard InChI is InChI=1S/C23H34FN7O3/c1-14-12-30(15(2)11-29(14)8-9-34-5)22(33)31-13-17-19(23(31,3)4)27-28-20(17)26-21(32)18-7-6-16(24)10-25-18/h6-7,10,14-15,20,27-28H,8-9,11-13H2,1-5H3,(H,26,32)/t14-,15+,20?/m1/s1. The molecular formula is C23H34FN7O3. The normalized spacial score (nSPS) is 26.5. The molecule has 3 atom stereocenters. The second-order valence-electron chi connectivity index (χ2n) is 9.70. The third-order valence-electron chi connectivity index (χ3n) is 7.04. The van der Waals surface area contributed by atoms with Gasteiger partial charge in [-0.15, -0.1) is 0 Å². The number of hydrazine groups is 1. The Labute approximate surface area is 199 Å². The van der Waals surface area contributed by atoms with Gasteiger partial charge in [-0.3, -0.25) is 9.69 Å². The largest absolute Gasteiger partial charge is 0.383 e. The quantitative estimate of drug-likeness (QED) is 0.582. The molecule has 4 heterocycles. The number of pyridine rings is 1. The highest BCUT2D eigenvalue weighted by Gasteiger charge is 2.49. The van der Waals surface area contributed by atoms with E-state index in [0.29, 0.717) is 19.7 Å². The van der Waals surface area contributed by atoms with E-state index in [1.54, 1.807) is 7.11 Å². The number of ether oxygens (including phenoxy) is 1. The van der Waals surface area contributed by atoms with Gasteiger partial charge < -0.3 is 25.3 Å². The van der Waals surface area contributed by atoms with Gasteiger partial charge in [-0.25, -0.2) is 19.6 Å². The SMILES string of the molecule is COCCN1C[C@H](C)N(C(=O)N2CC3=C(NNC3NC(=O)c3ccc(F)cn3)C2(C)C)C[C@H]1C. The maximum atomic E-state index is 13.7. The van der Waals surface area contributed by atoms with Crippen LogP contribution in [0.15, 0.2) is 29.6 Å². The molecular weight excluding hydrogens is 441 g/mol. The molecule has 34 heavy (non-hydrogen) atoms. The molecule has 3 N–H and O–H groups in total. The lowest BCUT2D eigenvalue weighted by atomic mass is 10.00. The van der Waals surface area contributed by atoms with Gasteiger partial charge in [0, 0.05) is 50.9 Å². The van der Waals surface area contributed by atoms with E-state index in [-0.39, 0.29) is 23.8 Å². The van der Waals surface area contributed by atoms with Crippen LogP contribution in [0.4, 0.5) is 9.18 Å². The minimum Gasteiger partial charge on any atom is -0.383 e. The van der Waals surface area contributed by atoms with Crippen LogP contribution in [0.2, 0.25) is 0 Å². The van der Waals surface area contributed by atoms with Crippen molar-refractivity contribution in [2.45, 2.75) is 51.5 Å². The zero-order valence-electron chi connectivity index (χ0n) is 20.4. The fourth-order valence-corrected chi connectivity index (χ4v) is 4.96. The van der Waals surface area contributed by atoms with Gasteiger partial charge in [0.2, 0.25) is 0 Å². The molecule has 0 radical (unpaired) electrons. The molecule has 10 nitrogen and oxygen atoms in total. The summed E-state index contributed by atoms with van der Waals surface area (Å²) in [5.41, 5.74) is 7.55. The number of carbonyl (C=O) groups excluding carboxylic acids is 2. The molecule has 3 aliphatic heterocycles. The van der Waals surface area contributed by atoms with Crippen LogP contribution in [-0.2, 0) is 4.74 Å². The molecule has 0 saturated carbocycles. The molecule has 1 unspecified atom stereocenters. The van der Waals surface area contributed by atoms with Gasteiger partial charge in [-0.2, -0.15) is 0 Å². The number of aromatic nitrogens is 1. The predicted octanol–water partition coefficient (Wildman–Crippen LogP) is 0.894. The second-order valence-corrected chi connectivity index (χ2v) is 9.70. The van der Waals surface area contributed by atoms with Gasteiger partial charge >= 0.3 is 6.03 Å². The number of urea groups is 1. The average molecular weight is 476 g/mol. The summed E-state index contributed by atoms with van der Waals surface area (Å²) in [5.74, 6) is -0.928. The Hall–Kier alpha value is -2.76. The van der Waals surface area contributed by atoms with Gasteiger partial charge in [-0.05, 0) is 39.8 Å². The van der Waals surface area contributed by atoms with Gasteiger partial charge in [0.1, 0.15) is 17.7 Å². The van der Waals surface area contributed by atoms with Crippen molar-refractivity contribution in [1.82, 2.24) is 35.9 Å². The van der Waals surface area contributed by atoms with Crippen molar-refractivity contribution in [2.75, 3.05) is 39.9 Å². The van der Waals surface area contributed by atoms with E-state index in [4.69, 9.17) is 4.74 Å². The number of nitrogens with zero attached hydrogens (tertiary/aromatic N) is 4. The van der Waals surface area contributed by atoms with E-state index in [1.165, 1.54) is 12.1 Å². The third-order valence-corrected chi connectivity index (χ3v) is 7.04. The minimum atomic E-state index is -0.580. The number of methoxy groups -OCH3 is 1. The van der Waals surface area contributed by atoms with Crippen molar-refractivity contribution >= 4 is 11.9 Å². The van der Waals surface area contributed by atoms with Crippen molar-refractivity contribution in [3.8, 4) is 0 Å². The summed E-state index contributed by atoms with van der Waals surface area (Å²) >= 11 is 0. The Kier molecular flexibility index (Phi) is 6.79. The van der Waals surface area contributed by atoms with Crippen LogP contribution in [0.25, 0.3) is 0 Å². The Morgan fingerprint density at radius 3 is 2.71 bits per heavy atom. The third kappa shape index (κ3) is 4.47. The van der Waals surface area contributed by atoms with Crippen molar-refractivity contribution < 1.29 is 18.7 Å². The number of hydrogen-bond donors (Lipinski definition) is 3. The van der Waals surface area contributed by atoms with Crippen LogP contribution in [0.3, 0.4) is 0 Å². The number of nitrogens with one attached hydrogen (secondary N) is 3. The van der Waals surface area contributed by atoms with Crippen molar-refractivity contribution in [1.29, 1.82) is 0 Å². The highest BCUT2D eigenvalue weighted by molar-refractivity contribution is 5.92. The lowest BCUT2D eigenvalue weighted by Crippen LogP contribution is -2.63. The summed E-state index contributed by atoms with van der Waals surface area (Å²) in [4.78, 5) is 36.3. The molecule has 1 saturated heterocycles. The second kappa shape index (κ2) is 9.47. The predicted molar refractivity (Wildman–Crippen MR) is 124 cm³/mol. The lowest BCUT2D eigenvalue weighted by Gasteiger charge is -2.47. The van der Waals surface area contributed by atoms with Crippen LogP contribution >= 0.6 is 0 Å². The monoisotopic (exact) mass is 475 g/mol. The van der Waals surface area contributed by atoms with Crippen molar-refractivity contribution in [3.05, 3.63) is 41.1 Å². The molecule has 11 heteroatoms. The minimum absolute atomic E-state index is 0.0165. The first-order valence-corrected chi connectivity index (χ1v) is 11.6. The van der Waals surface area contributed by atoms with Crippen LogP contribution in [0.5, 0.6) is 0 Å². The Morgan fingerprint density at radius 2 is 2.03 bits per heavy atom. The average Bonchev–Trinajstić information content (AvgIpc) is 3.32. The summed E-state index contributed by atoms with van der Waals surface area (Å²) in [7, 11) is 1.70. The van der Waals surface area contributed by atoms with Gasteiger partial charge in [0.25, 0.3) is 5.91 Å². The van der Waals surface area contributed by atoms with E-state index < -0.39 is 23.4 Å². The molecule has 1 aromatic rings. The molecule has 3 amide bonds. The first-order valence-electron chi connectivity index (χ1n) is 11.6. The molecule has 3 aliphatic rings. The molecule has 186 valence electrons. The molecule has 1 aromatic heterocycles. The Balaban J connectivity index is 1.44. The highest BCUT2D eigenvalue weighted by Crippen LogP contribution is 2.37. The van der Waals surface area contributed by atoms with E-state index >= 15 is 0 Å². The smallest absolute Gasteiger partial charge is 0.321 e. The van der Waals surface area contributed by atoms with Crippen LogP contribution in [0, 0.1) is 5.82 Å². The highest BCUT2D eigenvalue weighted by atomic mass is 19.1.